The third-order valence-electron chi connectivity index (χ3n) is 2.26. The van der Waals surface area contributed by atoms with Crippen molar-refractivity contribution in [2.24, 2.45) is 0 Å². The number of hydrogen-bond donors (Lipinski definition) is 1. The summed E-state index contributed by atoms with van der Waals surface area (Å²) in [6, 6.07) is 7.66. The third kappa shape index (κ3) is 1.37. The third-order valence-corrected chi connectivity index (χ3v) is 2.26. The predicted molar refractivity (Wildman–Crippen MR) is 49.1 cm³/mol. The number of ether oxygens (including phenoxy) is 1. The van der Waals surface area contributed by atoms with Crippen molar-refractivity contribution < 1.29 is 4.74 Å². The molecule has 2 N–H and O–H groups in total. The summed E-state index contributed by atoms with van der Waals surface area (Å²) in [4.78, 5) is 0. The van der Waals surface area contributed by atoms with E-state index in [4.69, 9.17) is 10.5 Å². The van der Waals surface area contributed by atoms with Gasteiger partial charge >= 0.3 is 0 Å². The standard InChI is InChI=1S/C10H13NO/c11-9-6-1-2-7-10(9)12-8-4-3-5-8/h1-2,6-8H,3-5,11H2. The number of nitrogen functional groups attached to an aromatic ring is 1. The van der Waals surface area contributed by atoms with Gasteiger partial charge in [-0.2, -0.15) is 0 Å². The number of rotatable bonds is 2. The van der Waals surface area contributed by atoms with Crippen LogP contribution in [0.5, 0.6) is 5.75 Å². The number of benzene rings is 1. The highest BCUT2D eigenvalue weighted by molar-refractivity contribution is 5.51. The summed E-state index contributed by atoms with van der Waals surface area (Å²) >= 11 is 0. The molecule has 0 aliphatic heterocycles. The zero-order chi connectivity index (χ0) is 8.39. The Morgan fingerprint density at radius 3 is 2.58 bits per heavy atom. The van der Waals surface area contributed by atoms with Crippen molar-refractivity contribution in [2.45, 2.75) is 25.4 Å². The molecule has 0 bridgehead atoms. The van der Waals surface area contributed by atoms with Crippen LogP contribution >= 0.6 is 0 Å². The van der Waals surface area contributed by atoms with Crippen LogP contribution in [0, 0.1) is 0 Å². The molecule has 1 aromatic carbocycles. The minimum atomic E-state index is 0.412. The van der Waals surface area contributed by atoms with Gasteiger partial charge in [-0.3, -0.25) is 0 Å². The maximum absolute atomic E-state index is 5.72. The van der Waals surface area contributed by atoms with E-state index in [0.29, 0.717) is 6.10 Å². The molecule has 2 heteroatoms. The fourth-order valence-electron chi connectivity index (χ4n) is 1.26. The van der Waals surface area contributed by atoms with Gasteiger partial charge in [0.2, 0.25) is 0 Å². The van der Waals surface area contributed by atoms with Crippen LogP contribution in [0.2, 0.25) is 0 Å². The lowest BCUT2D eigenvalue weighted by atomic mass is 9.96. The number of para-hydroxylation sites is 2. The molecule has 1 aliphatic carbocycles. The van der Waals surface area contributed by atoms with Crippen LogP contribution in [0.1, 0.15) is 19.3 Å². The topological polar surface area (TPSA) is 35.2 Å². The number of nitrogens with two attached hydrogens (primary N) is 1. The van der Waals surface area contributed by atoms with Gasteiger partial charge in [0.25, 0.3) is 0 Å². The molecule has 0 atom stereocenters. The van der Waals surface area contributed by atoms with Crippen molar-refractivity contribution in [3.8, 4) is 5.75 Å². The quantitative estimate of drug-likeness (QED) is 0.678. The zero-order valence-corrected chi connectivity index (χ0v) is 6.99. The Labute approximate surface area is 72.3 Å². The monoisotopic (exact) mass is 163 g/mol. The van der Waals surface area contributed by atoms with Crippen LogP contribution in [0.15, 0.2) is 24.3 Å². The molecule has 2 nitrogen and oxygen atoms in total. The Hall–Kier alpha value is -1.18. The summed E-state index contributed by atoms with van der Waals surface area (Å²) in [6.45, 7) is 0. The van der Waals surface area contributed by atoms with E-state index in [0.717, 1.165) is 11.4 Å². The van der Waals surface area contributed by atoms with Gasteiger partial charge in [0.05, 0.1) is 11.8 Å². The molecule has 2 rings (SSSR count). The number of anilines is 1. The molecule has 1 saturated carbocycles. The lowest BCUT2D eigenvalue weighted by molar-refractivity contribution is 0.121. The fraction of sp³-hybridized carbons (Fsp3) is 0.400. The molecule has 0 unspecified atom stereocenters. The van der Waals surface area contributed by atoms with Crippen LogP contribution in [-0.2, 0) is 0 Å². The number of hydrogen-bond acceptors (Lipinski definition) is 2. The summed E-state index contributed by atoms with van der Waals surface area (Å²) in [5.41, 5.74) is 6.46. The molecular formula is C10H13NO. The van der Waals surface area contributed by atoms with Crippen LogP contribution in [0.4, 0.5) is 5.69 Å². The average Bonchev–Trinajstić information content (AvgIpc) is 2.00. The van der Waals surface area contributed by atoms with Crippen molar-refractivity contribution in [3.05, 3.63) is 24.3 Å². The summed E-state index contributed by atoms with van der Waals surface area (Å²) in [6.07, 6.45) is 4.05. The largest absolute Gasteiger partial charge is 0.488 e. The highest BCUT2D eigenvalue weighted by Crippen LogP contribution is 2.28. The van der Waals surface area contributed by atoms with Gasteiger partial charge in [0.15, 0.2) is 0 Å². The van der Waals surface area contributed by atoms with Gasteiger partial charge in [0.1, 0.15) is 5.75 Å². The summed E-state index contributed by atoms with van der Waals surface area (Å²) < 4.78 is 5.66. The molecule has 1 fully saturated rings. The minimum Gasteiger partial charge on any atom is -0.488 e. The van der Waals surface area contributed by atoms with Gasteiger partial charge in [-0.25, -0.2) is 0 Å². The smallest absolute Gasteiger partial charge is 0.142 e. The van der Waals surface area contributed by atoms with Crippen molar-refractivity contribution >= 4 is 5.69 Å². The fourth-order valence-corrected chi connectivity index (χ4v) is 1.26. The van der Waals surface area contributed by atoms with Crippen LogP contribution in [-0.4, -0.2) is 6.10 Å². The Kier molecular flexibility index (Phi) is 1.90. The summed E-state index contributed by atoms with van der Waals surface area (Å²) in [7, 11) is 0. The van der Waals surface area contributed by atoms with E-state index in [-0.39, 0.29) is 0 Å². The van der Waals surface area contributed by atoms with E-state index < -0.39 is 0 Å². The van der Waals surface area contributed by atoms with Crippen molar-refractivity contribution in [2.75, 3.05) is 5.73 Å². The van der Waals surface area contributed by atoms with Crippen molar-refractivity contribution in [1.29, 1.82) is 0 Å². The lowest BCUT2D eigenvalue weighted by Gasteiger charge is -2.26. The lowest BCUT2D eigenvalue weighted by Crippen LogP contribution is -2.24. The van der Waals surface area contributed by atoms with Crippen molar-refractivity contribution in [1.82, 2.24) is 0 Å². The first-order chi connectivity index (χ1) is 5.86. The van der Waals surface area contributed by atoms with Gasteiger partial charge in [-0.1, -0.05) is 12.1 Å². The van der Waals surface area contributed by atoms with Crippen LogP contribution in [0.3, 0.4) is 0 Å². The second-order valence-corrected chi connectivity index (χ2v) is 3.21. The first-order valence-corrected chi connectivity index (χ1v) is 4.37. The highest BCUT2D eigenvalue weighted by Gasteiger charge is 2.19. The van der Waals surface area contributed by atoms with Gasteiger partial charge in [-0.15, -0.1) is 0 Å². The molecule has 0 saturated heterocycles. The molecule has 0 amide bonds. The first kappa shape index (κ1) is 7.47. The Bertz CT molecular complexity index is 268. The van der Waals surface area contributed by atoms with E-state index in [1.807, 2.05) is 24.3 Å². The van der Waals surface area contributed by atoms with E-state index in [2.05, 4.69) is 0 Å². The molecule has 0 radical (unpaired) electrons. The summed E-state index contributed by atoms with van der Waals surface area (Å²) in [5, 5.41) is 0. The molecule has 64 valence electrons. The minimum absolute atomic E-state index is 0.412. The molecule has 0 aromatic heterocycles. The maximum Gasteiger partial charge on any atom is 0.142 e. The average molecular weight is 163 g/mol. The molecule has 0 heterocycles. The zero-order valence-electron chi connectivity index (χ0n) is 6.99. The van der Waals surface area contributed by atoms with E-state index in [1.165, 1.54) is 19.3 Å². The SMILES string of the molecule is Nc1ccccc1OC1CCC1. The van der Waals surface area contributed by atoms with E-state index in [9.17, 15) is 0 Å². The Balaban J connectivity index is 2.06. The molecule has 0 spiro atoms. The molecule has 1 aromatic rings. The van der Waals surface area contributed by atoms with E-state index >= 15 is 0 Å². The van der Waals surface area contributed by atoms with Crippen LogP contribution < -0.4 is 10.5 Å². The normalized spacial score (nSPS) is 17.0. The van der Waals surface area contributed by atoms with E-state index in [1.54, 1.807) is 0 Å². The van der Waals surface area contributed by atoms with Gasteiger partial charge in [-0.05, 0) is 31.4 Å². The molecule has 12 heavy (non-hydrogen) atoms. The Morgan fingerprint density at radius 1 is 1.25 bits per heavy atom. The Morgan fingerprint density at radius 2 is 2.00 bits per heavy atom. The second-order valence-electron chi connectivity index (χ2n) is 3.21. The van der Waals surface area contributed by atoms with Gasteiger partial charge in [0, 0.05) is 0 Å². The summed E-state index contributed by atoms with van der Waals surface area (Å²) in [5.74, 6) is 0.835. The van der Waals surface area contributed by atoms with Gasteiger partial charge < -0.3 is 10.5 Å². The van der Waals surface area contributed by atoms with Crippen LogP contribution in [0.25, 0.3) is 0 Å². The predicted octanol–water partition coefficient (Wildman–Crippen LogP) is 2.20. The van der Waals surface area contributed by atoms with Crippen molar-refractivity contribution in [3.63, 3.8) is 0 Å². The molecule has 1 aliphatic rings. The first-order valence-electron chi connectivity index (χ1n) is 4.37. The second kappa shape index (κ2) is 3.05. The molecular weight excluding hydrogens is 150 g/mol. The highest BCUT2D eigenvalue weighted by atomic mass is 16.5. The maximum atomic E-state index is 5.72.